The average molecular weight is 253 g/mol. The van der Waals surface area contributed by atoms with E-state index in [0.29, 0.717) is 11.0 Å². The molecule has 16 heavy (non-hydrogen) atoms. The zero-order valence-electron chi connectivity index (χ0n) is 8.49. The van der Waals surface area contributed by atoms with Gasteiger partial charge in [0.2, 0.25) is 5.13 Å². The Morgan fingerprint density at radius 1 is 1.50 bits per heavy atom. The number of alkyl halides is 3. The molecule has 0 bridgehead atoms. The second-order valence-electron chi connectivity index (χ2n) is 3.57. The minimum absolute atomic E-state index is 0.0227. The van der Waals surface area contributed by atoms with E-state index in [1.165, 1.54) is 7.11 Å². The van der Waals surface area contributed by atoms with Crippen molar-refractivity contribution in [3.05, 3.63) is 5.82 Å². The molecule has 0 unspecified atom stereocenters. The highest BCUT2D eigenvalue weighted by Crippen LogP contribution is 2.36. The van der Waals surface area contributed by atoms with Crippen molar-refractivity contribution in [2.45, 2.75) is 12.8 Å². The quantitative estimate of drug-likeness (QED) is 0.821. The third-order valence-electron chi connectivity index (χ3n) is 2.35. The van der Waals surface area contributed by atoms with Gasteiger partial charge in [0.05, 0.1) is 5.92 Å². The molecule has 0 aliphatic carbocycles. The third-order valence-corrected chi connectivity index (χ3v) is 3.16. The van der Waals surface area contributed by atoms with Crippen LogP contribution in [0.15, 0.2) is 0 Å². The molecule has 0 atom stereocenters. The molecule has 1 aromatic heterocycles. The molecule has 0 radical (unpaired) electrons. The second kappa shape index (κ2) is 4.17. The minimum Gasteiger partial charge on any atom is -0.377 e. The van der Waals surface area contributed by atoms with Gasteiger partial charge in [-0.05, 0) is 0 Å². The van der Waals surface area contributed by atoms with Crippen LogP contribution in [0.3, 0.4) is 0 Å². The Morgan fingerprint density at radius 3 is 2.75 bits per heavy atom. The van der Waals surface area contributed by atoms with Crippen LogP contribution in [0.5, 0.6) is 0 Å². The van der Waals surface area contributed by atoms with Crippen LogP contribution in [0.1, 0.15) is 5.82 Å². The average Bonchev–Trinajstić information content (AvgIpc) is 2.48. The molecule has 0 spiro atoms. The number of hydrogen-bond donors (Lipinski definition) is 0. The van der Waals surface area contributed by atoms with Gasteiger partial charge in [0.25, 0.3) is 0 Å². The Kier molecular flexibility index (Phi) is 3.02. The lowest BCUT2D eigenvalue weighted by Gasteiger charge is -2.39. The fourth-order valence-corrected chi connectivity index (χ4v) is 2.09. The number of hydrogen-bond acceptors (Lipinski definition) is 5. The van der Waals surface area contributed by atoms with Crippen molar-refractivity contribution in [1.82, 2.24) is 9.36 Å². The Hall–Kier alpha value is -0.890. The summed E-state index contributed by atoms with van der Waals surface area (Å²) < 4.78 is 45.5. The highest BCUT2D eigenvalue weighted by Gasteiger charge is 2.47. The van der Waals surface area contributed by atoms with Crippen molar-refractivity contribution < 1.29 is 17.9 Å². The first-order valence-corrected chi connectivity index (χ1v) is 5.41. The normalized spacial score (nSPS) is 17.6. The highest BCUT2D eigenvalue weighted by molar-refractivity contribution is 7.09. The molecule has 8 heteroatoms. The van der Waals surface area contributed by atoms with E-state index < -0.39 is 12.1 Å². The Morgan fingerprint density at radius 2 is 2.19 bits per heavy atom. The van der Waals surface area contributed by atoms with Gasteiger partial charge in [-0.15, -0.1) is 0 Å². The summed E-state index contributed by atoms with van der Waals surface area (Å²) in [4.78, 5) is 5.66. The van der Waals surface area contributed by atoms with Gasteiger partial charge in [-0.3, -0.25) is 0 Å². The number of aromatic nitrogens is 2. The number of halogens is 3. The molecule has 90 valence electrons. The van der Waals surface area contributed by atoms with Crippen LogP contribution >= 0.6 is 11.5 Å². The number of ether oxygens (including phenoxy) is 1. The maximum Gasteiger partial charge on any atom is 0.395 e. The fraction of sp³-hybridized carbons (Fsp3) is 0.750. The van der Waals surface area contributed by atoms with E-state index in [-0.39, 0.29) is 19.7 Å². The Balaban J connectivity index is 1.91. The Labute approximate surface area is 94.2 Å². The van der Waals surface area contributed by atoms with E-state index in [1.54, 1.807) is 4.90 Å². The molecule has 0 N–H and O–H groups in total. The van der Waals surface area contributed by atoms with Crippen molar-refractivity contribution in [2.24, 2.45) is 5.92 Å². The predicted octanol–water partition coefficient (Wildman–Crippen LogP) is 1.68. The predicted molar refractivity (Wildman–Crippen MR) is 52.4 cm³/mol. The number of anilines is 1. The maximum atomic E-state index is 12.2. The van der Waals surface area contributed by atoms with Crippen LogP contribution in [0.4, 0.5) is 18.3 Å². The molecule has 1 aliphatic rings. The largest absolute Gasteiger partial charge is 0.395 e. The molecule has 1 saturated heterocycles. The molecule has 0 aromatic carbocycles. The molecule has 4 nitrogen and oxygen atoms in total. The second-order valence-corrected chi connectivity index (χ2v) is 4.30. The van der Waals surface area contributed by atoms with E-state index in [2.05, 4.69) is 9.36 Å². The van der Waals surface area contributed by atoms with E-state index in [0.717, 1.165) is 11.5 Å². The van der Waals surface area contributed by atoms with Crippen molar-refractivity contribution in [3.63, 3.8) is 0 Å². The standard InChI is InChI=1S/C8H10F3N3OS/c1-15-4-6-12-7(16-13-6)14-2-5(3-14)8(9,10)11/h5H,2-4H2,1H3. The summed E-state index contributed by atoms with van der Waals surface area (Å²) in [5, 5.41) is 0.535. The van der Waals surface area contributed by atoms with Gasteiger partial charge in [0.1, 0.15) is 6.61 Å². The molecule has 0 amide bonds. The van der Waals surface area contributed by atoms with Crippen molar-refractivity contribution in [3.8, 4) is 0 Å². The summed E-state index contributed by atoms with van der Waals surface area (Å²) in [5.74, 6) is -0.722. The monoisotopic (exact) mass is 253 g/mol. The summed E-state index contributed by atoms with van der Waals surface area (Å²) >= 11 is 1.10. The van der Waals surface area contributed by atoms with Gasteiger partial charge >= 0.3 is 6.18 Å². The number of rotatable bonds is 3. The molecule has 2 rings (SSSR count). The van der Waals surface area contributed by atoms with Crippen LogP contribution in [0, 0.1) is 5.92 Å². The van der Waals surface area contributed by atoms with Gasteiger partial charge in [0.15, 0.2) is 5.82 Å². The van der Waals surface area contributed by atoms with Crippen LogP contribution in [0.2, 0.25) is 0 Å². The summed E-state index contributed by atoms with van der Waals surface area (Å²) in [6.45, 7) is 0.239. The SMILES string of the molecule is COCc1nsc(N2CC(C(F)(F)F)C2)n1. The zero-order chi connectivity index (χ0) is 11.8. The molecular formula is C8H10F3N3OS. The van der Waals surface area contributed by atoms with Crippen molar-refractivity contribution >= 4 is 16.7 Å². The first kappa shape index (κ1) is 11.6. The maximum absolute atomic E-state index is 12.2. The molecule has 2 heterocycles. The van der Waals surface area contributed by atoms with E-state index in [4.69, 9.17) is 4.74 Å². The van der Waals surface area contributed by atoms with E-state index in [1.807, 2.05) is 0 Å². The van der Waals surface area contributed by atoms with E-state index >= 15 is 0 Å². The summed E-state index contributed by atoms with van der Waals surface area (Å²) in [5.41, 5.74) is 0. The number of methoxy groups -OCH3 is 1. The summed E-state index contributed by atoms with van der Waals surface area (Å²) in [6, 6.07) is 0. The van der Waals surface area contributed by atoms with Crippen LogP contribution in [0.25, 0.3) is 0 Å². The molecule has 1 fully saturated rings. The lowest BCUT2D eigenvalue weighted by atomic mass is 10.0. The van der Waals surface area contributed by atoms with Gasteiger partial charge in [0, 0.05) is 31.7 Å². The lowest BCUT2D eigenvalue weighted by molar-refractivity contribution is -0.180. The van der Waals surface area contributed by atoms with Crippen LogP contribution in [-0.2, 0) is 11.3 Å². The molecule has 1 aromatic rings. The van der Waals surface area contributed by atoms with Crippen LogP contribution < -0.4 is 4.90 Å². The molecule has 1 aliphatic heterocycles. The van der Waals surface area contributed by atoms with Gasteiger partial charge < -0.3 is 9.64 Å². The van der Waals surface area contributed by atoms with Gasteiger partial charge in [-0.1, -0.05) is 0 Å². The third kappa shape index (κ3) is 2.27. The highest BCUT2D eigenvalue weighted by atomic mass is 32.1. The lowest BCUT2D eigenvalue weighted by Crippen LogP contribution is -2.53. The minimum atomic E-state index is -4.10. The fourth-order valence-electron chi connectivity index (χ4n) is 1.40. The van der Waals surface area contributed by atoms with E-state index in [9.17, 15) is 13.2 Å². The Bertz CT molecular complexity index is 362. The summed E-state index contributed by atoms with van der Waals surface area (Å²) in [6.07, 6.45) is -4.10. The van der Waals surface area contributed by atoms with Crippen molar-refractivity contribution in [2.75, 3.05) is 25.1 Å². The van der Waals surface area contributed by atoms with Gasteiger partial charge in [-0.25, -0.2) is 4.98 Å². The van der Waals surface area contributed by atoms with Crippen LogP contribution in [-0.4, -0.2) is 35.7 Å². The number of nitrogens with zero attached hydrogens (tertiary/aromatic N) is 3. The van der Waals surface area contributed by atoms with Crippen molar-refractivity contribution in [1.29, 1.82) is 0 Å². The first-order valence-electron chi connectivity index (χ1n) is 4.64. The summed E-state index contributed by atoms with van der Waals surface area (Å²) in [7, 11) is 1.52. The zero-order valence-corrected chi connectivity index (χ0v) is 9.31. The van der Waals surface area contributed by atoms with Gasteiger partial charge in [-0.2, -0.15) is 17.5 Å². The smallest absolute Gasteiger partial charge is 0.377 e. The first-order chi connectivity index (χ1) is 7.50. The molecule has 0 saturated carbocycles. The topological polar surface area (TPSA) is 38.2 Å². The molecular weight excluding hydrogens is 243 g/mol.